The molecular formula is C19H19NO3. The van der Waals surface area contributed by atoms with Crippen molar-refractivity contribution in [2.45, 2.75) is 18.1 Å². The van der Waals surface area contributed by atoms with Crippen molar-refractivity contribution in [1.82, 2.24) is 4.90 Å². The van der Waals surface area contributed by atoms with Gasteiger partial charge < -0.3 is 9.84 Å². The summed E-state index contributed by atoms with van der Waals surface area (Å²) in [6, 6.07) is 19.9. The van der Waals surface area contributed by atoms with Crippen LogP contribution in [-0.2, 0) is 9.53 Å². The highest BCUT2D eigenvalue weighted by atomic mass is 16.5. The zero-order valence-corrected chi connectivity index (χ0v) is 12.7. The third kappa shape index (κ3) is 2.54. The zero-order valence-electron chi connectivity index (χ0n) is 12.7. The van der Waals surface area contributed by atoms with Crippen molar-refractivity contribution in [3.05, 3.63) is 71.8 Å². The fourth-order valence-electron chi connectivity index (χ4n) is 3.63. The lowest BCUT2D eigenvalue weighted by molar-refractivity contribution is -0.137. The van der Waals surface area contributed by atoms with Crippen molar-refractivity contribution in [1.29, 1.82) is 0 Å². The van der Waals surface area contributed by atoms with Crippen LogP contribution in [0.15, 0.2) is 60.7 Å². The summed E-state index contributed by atoms with van der Waals surface area (Å²) in [4.78, 5) is 13.8. The minimum absolute atomic E-state index is 0.0240. The van der Waals surface area contributed by atoms with E-state index in [0.717, 1.165) is 11.1 Å². The Morgan fingerprint density at radius 2 is 1.52 bits per heavy atom. The fourth-order valence-corrected chi connectivity index (χ4v) is 3.63. The van der Waals surface area contributed by atoms with Crippen molar-refractivity contribution in [3.8, 4) is 0 Å². The molecule has 2 fully saturated rings. The Labute approximate surface area is 135 Å². The van der Waals surface area contributed by atoms with Gasteiger partial charge in [0, 0.05) is 12.0 Å². The van der Waals surface area contributed by atoms with Gasteiger partial charge in [-0.1, -0.05) is 60.7 Å². The topological polar surface area (TPSA) is 49.5 Å². The minimum Gasteiger partial charge on any atom is -0.480 e. The number of carboxylic acid groups (broad SMARTS) is 1. The lowest BCUT2D eigenvalue weighted by Gasteiger charge is -2.28. The molecule has 0 aromatic heterocycles. The van der Waals surface area contributed by atoms with E-state index >= 15 is 0 Å². The van der Waals surface area contributed by atoms with Gasteiger partial charge >= 0.3 is 5.97 Å². The van der Waals surface area contributed by atoms with Crippen LogP contribution >= 0.6 is 0 Å². The fraction of sp³-hybridized carbons (Fsp3) is 0.316. The second-order valence-corrected chi connectivity index (χ2v) is 6.24. The largest absolute Gasteiger partial charge is 0.480 e. The van der Waals surface area contributed by atoms with E-state index in [-0.39, 0.29) is 12.1 Å². The molecule has 2 aliphatic rings. The molecule has 0 amide bonds. The summed E-state index contributed by atoms with van der Waals surface area (Å²) in [6.45, 7) is 1.34. The molecule has 4 nitrogen and oxygen atoms in total. The SMILES string of the molecule is O=C(O)C1[C@H](C2COC2)N1C(c1ccccc1)c1ccccc1. The van der Waals surface area contributed by atoms with Crippen molar-refractivity contribution < 1.29 is 14.6 Å². The lowest BCUT2D eigenvalue weighted by atomic mass is 9.97. The Hall–Kier alpha value is -2.17. The molecule has 0 aliphatic carbocycles. The molecule has 2 saturated heterocycles. The van der Waals surface area contributed by atoms with Gasteiger partial charge in [0.25, 0.3) is 0 Å². The number of rotatable bonds is 5. The van der Waals surface area contributed by atoms with Crippen LogP contribution in [0.25, 0.3) is 0 Å². The molecule has 23 heavy (non-hydrogen) atoms. The van der Waals surface area contributed by atoms with Crippen LogP contribution in [0.2, 0.25) is 0 Å². The van der Waals surface area contributed by atoms with Gasteiger partial charge in [0.1, 0.15) is 6.04 Å². The molecule has 0 radical (unpaired) electrons. The van der Waals surface area contributed by atoms with E-state index in [1.165, 1.54) is 0 Å². The van der Waals surface area contributed by atoms with Gasteiger partial charge in [-0.05, 0) is 11.1 Å². The van der Waals surface area contributed by atoms with E-state index < -0.39 is 12.0 Å². The number of nitrogens with zero attached hydrogens (tertiary/aromatic N) is 1. The first-order valence-electron chi connectivity index (χ1n) is 7.95. The molecule has 2 aliphatic heterocycles. The molecule has 2 aromatic rings. The molecule has 2 aromatic carbocycles. The molecule has 2 heterocycles. The Bertz CT molecular complexity index is 645. The van der Waals surface area contributed by atoms with Crippen molar-refractivity contribution in [3.63, 3.8) is 0 Å². The van der Waals surface area contributed by atoms with E-state index in [1.807, 2.05) is 36.4 Å². The summed E-state index contributed by atoms with van der Waals surface area (Å²) in [6.07, 6.45) is 0. The predicted molar refractivity (Wildman–Crippen MR) is 86.1 cm³/mol. The maximum atomic E-state index is 11.7. The first kappa shape index (κ1) is 14.4. The van der Waals surface area contributed by atoms with Gasteiger partial charge in [-0.2, -0.15) is 0 Å². The Morgan fingerprint density at radius 1 is 1.00 bits per heavy atom. The summed E-state index contributed by atoms with van der Waals surface area (Å²) in [7, 11) is 0. The van der Waals surface area contributed by atoms with Crippen LogP contribution in [0.1, 0.15) is 17.2 Å². The first-order valence-corrected chi connectivity index (χ1v) is 7.95. The quantitative estimate of drug-likeness (QED) is 0.863. The highest BCUT2D eigenvalue weighted by molar-refractivity contribution is 5.78. The molecule has 2 unspecified atom stereocenters. The maximum absolute atomic E-state index is 11.7. The van der Waals surface area contributed by atoms with Crippen LogP contribution in [0.4, 0.5) is 0 Å². The summed E-state index contributed by atoms with van der Waals surface area (Å²) < 4.78 is 5.28. The number of carbonyl (C=O) groups is 1. The maximum Gasteiger partial charge on any atom is 0.322 e. The van der Waals surface area contributed by atoms with Gasteiger partial charge in [-0.25, -0.2) is 0 Å². The van der Waals surface area contributed by atoms with Crippen LogP contribution in [-0.4, -0.2) is 41.3 Å². The lowest BCUT2D eigenvalue weighted by Crippen LogP contribution is -2.35. The molecule has 4 rings (SSSR count). The van der Waals surface area contributed by atoms with E-state index in [0.29, 0.717) is 19.1 Å². The third-order valence-electron chi connectivity index (χ3n) is 4.83. The summed E-state index contributed by atoms with van der Waals surface area (Å²) in [5.74, 6) is -0.412. The molecule has 0 bridgehead atoms. The summed E-state index contributed by atoms with van der Waals surface area (Å²) in [5, 5.41) is 9.62. The zero-order chi connectivity index (χ0) is 15.8. The molecule has 4 heteroatoms. The van der Waals surface area contributed by atoms with E-state index in [1.54, 1.807) is 0 Å². The van der Waals surface area contributed by atoms with Crippen LogP contribution in [0.3, 0.4) is 0 Å². The highest BCUT2D eigenvalue weighted by Gasteiger charge is 2.60. The van der Waals surface area contributed by atoms with E-state index in [2.05, 4.69) is 29.2 Å². The number of carboxylic acids is 1. The van der Waals surface area contributed by atoms with Gasteiger partial charge in [0.2, 0.25) is 0 Å². The van der Waals surface area contributed by atoms with Crippen molar-refractivity contribution in [2.75, 3.05) is 13.2 Å². The van der Waals surface area contributed by atoms with Gasteiger partial charge in [-0.3, -0.25) is 9.69 Å². The molecule has 0 spiro atoms. The Kier molecular flexibility index (Phi) is 3.63. The second kappa shape index (κ2) is 5.80. The normalized spacial score (nSPS) is 26.7. The average Bonchev–Trinajstić information content (AvgIpc) is 3.23. The van der Waals surface area contributed by atoms with Crippen molar-refractivity contribution in [2.24, 2.45) is 5.92 Å². The number of ether oxygens (including phenoxy) is 1. The number of hydrogen-bond acceptors (Lipinski definition) is 3. The van der Waals surface area contributed by atoms with Crippen LogP contribution in [0.5, 0.6) is 0 Å². The summed E-state index contributed by atoms with van der Waals surface area (Å²) in [5.41, 5.74) is 2.26. The Balaban J connectivity index is 1.72. The number of benzene rings is 2. The van der Waals surface area contributed by atoms with E-state index in [4.69, 9.17) is 4.74 Å². The monoisotopic (exact) mass is 309 g/mol. The number of hydrogen-bond donors (Lipinski definition) is 1. The number of aliphatic carboxylic acids is 1. The molecule has 118 valence electrons. The second-order valence-electron chi connectivity index (χ2n) is 6.24. The van der Waals surface area contributed by atoms with Crippen LogP contribution in [0, 0.1) is 5.92 Å². The standard InChI is InChI=1S/C19H19NO3/c21-19(22)18-17(15-11-23-12-15)20(18)16(13-7-3-1-4-8-13)14-9-5-2-6-10-14/h1-10,15-18H,11-12H2,(H,21,22)/t17-,18?,20?/m0/s1. The average molecular weight is 309 g/mol. The van der Waals surface area contributed by atoms with E-state index in [9.17, 15) is 9.90 Å². The predicted octanol–water partition coefficient (Wildman–Crippen LogP) is 2.56. The molecular weight excluding hydrogens is 290 g/mol. The van der Waals surface area contributed by atoms with Gasteiger partial charge in [-0.15, -0.1) is 0 Å². The van der Waals surface area contributed by atoms with Crippen LogP contribution < -0.4 is 0 Å². The summed E-state index contributed by atoms with van der Waals surface area (Å²) >= 11 is 0. The molecule has 1 N–H and O–H groups in total. The molecule has 3 atom stereocenters. The third-order valence-corrected chi connectivity index (χ3v) is 4.83. The smallest absolute Gasteiger partial charge is 0.322 e. The van der Waals surface area contributed by atoms with Crippen molar-refractivity contribution >= 4 is 5.97 Å². The minimum atomic E-state index is -0.737. The highest BCUT2D eigenvalue weighted by Crippen LogP contribution is 2.47. The first-order chi connectivity index (χ1) is 11.3. The molecule has 0 saturated carbocycles. The van der Waals surface area contributed by atoms with Gasteiger partial charge in [0.15, 0.2) is 0 Å². The van der Waals surface area contributed by atoms with Gasteiger partial charge in [0.05, 0.1) is 19.3 Å². The Morgan fingerprint density at radius 3 is 1.91 bits per heavy atom.